The standard InChI is InChI=1S/C13H15F3O/c1-9(8-12(17)6-7-12)10-2-4-11(5-3-10)13(14,15)16/h2-5,9,17H,6-8H2,1H3. The maximum atomic E-state index is 12.4. The van der Waals surface area contributed by atoms with Gasteiger partial charge in [-0.1, -0.05) is 19.1 Å². The molecular weight excluding hydrogens is 229 g/mol. The third kappa shape index (κ3) is 3.00. The summed E-state index contributed by atoms with van der Waals surface area (Å²) in [5.41, 5.74) is -0.348. The van der Waals surface area contributed by atoms with Crippen LogP contribution in [0.3, 0.4) is 0 Å². The van der Waals surface area contributed by atoms with Crippen molar-refractivity contribution in [2.45, 2.75) is 43.9 Å². The van der Waals surface area contributed by atoms with E-state index in [9.17, 15) is 18.3 Å². The van der Waals surface area contributed by atoms with Gasteiger partial charge in [-0.25, -0.2) is 0 Å². The fourth-order valence-electron chi connectivity index (χ4n) is 2.04. The molecule has 0 bridgehead atoms. The van der Waals surface area contributed by atoms with Crippen molar-refractivity contribution in [1.29, 1.82) is 0 Å². The summed E-state index contributed by atoms with van der Waals surface area (Å²) in [5.74, 6) is 0.0878. The van der Waals surface area contributed by atoms with Crippen molar-refractivity contribution in [3.63, 3.8) is 0 Å². The number of rotatable bonds is 3. The topological polar surface area (TPSA) is 20.2 Å². The van der Waals surface area contributed by atoms with Crippen molar-refractivity contribution >= 4 is 0 Å². The number of aliphatic hydroxyl groups is 1. The van der Waals surface area contributed by atoms with Crippen molar-refractivity contribution in [2.24, 2.45) is 0 Å². The summed E-state index contributed by atoms with van der Waals surface area (Å²) >= 11 is 0. The Labute approximate surface area is 98.3 Å². The lowest BCUT2D eigenvalue weighted by Crippen LogP contribution is -2.11. The molecule has 1 aromatic rings. The molecule has 1 aliphatic carbocycles. The van der Waals surface area contributed by atoms with Crippen molar-refractivity contribution in [2.75, 3.05) is 0 Å². The fraction of sp³-hybridized carbons (Fsp3) is 0.538. The number of benzene rings is 1. The average molecular weight is 244 g/mol. The highest BCUT2D eigenvalue weighted by Gasteiger charge is 2.41. The van der Waals surface area contributed by atoms with E-state index in [1.54, 1.807) is 0 Å². The second-order valence-electron chi connectivity index (χ2n) is 4.95. The molecule has 0 amide bonds. The van der Waals surface area contributed by atoms with E-state index in [4.69, 9.17) is 0 Å². The molecule has 17 heavy (non-hydrogen) atoms. The van der Waals surface area contributed by atoms with E-state index in [-0.39, 0.29) is 5.92 Å². The Morgan fingerprint density at radius 1 is 1.24 bits per heavy atom. The predicted molar refractivity (Wildman–Crippen MR) is 58.7 cm³/mol. The monoisotopic (exact) mass is 244 g/mol. The second kappa shape index (κ2) is 4.02. The van der Waals surface area contributed by atoms with Gasteiger partial charge in [0.05, 0.1) is 11.2 Å². The van der Waals surface area contributed by atoms with Crippen LogP contribution in [0.25, 0.3) is 0 Å². The van der Waals surface area contributed by atoms with Crippen LogP contribution < -0.4 is 0 Å². The molecule has 94 valence electrons. The van der Waals surface area contributed by atoms with Gasteiger partial charge in [0, 0.05) is 0 Å². The molecule has 1 atom stereocenters. The Morgan fingerprint density at radius 3 is 2.18 bits per heavy atom. The SMILES string of the molecule is CC(CC1(O)CC1)c1ccc(C(F)(F)F)cc1. The van der Waals surface area contributed by atoms with Crippen LogP contribution in [-0.2, 0) is 6.18 Å². The van der Waals surface area contributed by atoms with Crippen molar-refractivity contribution in [3.8, 4) is 0 Å². The molecule has 0 aliphatic heterocycles. The zero-order valence-electron chi connectivity index (χ0n) is 9.59. The van der Waals surface area contributed by atoms with Gasteiger partial charge in [-0.3, -0.25) is 0 Å². The van der Waals surface area contributed by atoms with Crippen LogP contribution in [0, 0.1) is 0 Å². The minimum absolute atomic E-state index is 0.0878. The molecule has 4 heteroatoms. The molecule has 0 saturated heterocycles. The van der Waals surface area contributed by atoms with E-state index in [0.29, 0.717) is 6.42 Å². The van der Waals surface area contributed by atoms with Crippen molar-refractivity contribution < 1.29 is 18.3 Å². The first-order valence-corrected chi connectivity index (χ1v) is 5.70. The van der Waals surface area contributed by atoms with Gasteiger partial charge in [-0.2, -0.15) is 13.2 Å². The van der Waals surface area contributed by atoms with Crippen LogP contribution in [0.1, 0.15) is 43.2 Å². The van der Waals surface area contributed by atoms with E-state index in [0.717, 1.165) is 30.5 Å². The average Bonchev–Trinajstić information content (AvgIpc) is 2.95. The summed E-state index contributed by atoms with van der Waals surface area (Å²) in [4.78, 5) is 0. The van der Waals surface area contributed by atoms with Gasteiger partial charge >= 0.3 is 6.18 Å². The number of hydrogen-bond acceptors (Lipinski definition) is 1. The van der Waals surface area contributed by atoms with Gasteiger partial charge in [-0.05, 0) is 42.9 Å². The Bertz CT molecular complexity index is 390. The van der Waals surface area contributed by atoms with Crippen LogP contribution in [0.2, 0.25) is 0 Å². The van der Waals surface area contributed by atoms with Crippen LogP contribution >= 0.6 is 0 Å². The molecule has 0 radical (unpaired) electrons. The van der Waals surface area contributed by atoms with Crippen molar-refractivity contribution in [3.05, 3.63) is 35.4 Å². The van der Waals surface area contributed by atoms with Gasteiger partial charge in [0.15, 0.2) is 0 Å². The molecule has 1 N–H and O–H groups in total. The summed E-state index contributed by atoms with van der Waals surface area (Å²) in [6.45, 7) is 1.93. The Kier molecular flexibility index (Phi) is 2.94. The summed E-state index contributed by atoms with van der Waals surface area (Å²) in [7, 11) is 0. The highest BCUT2D eigenvalue weighted by Crippen LogP contribution is 2.43. The van der Waals surface area contributed by atoms with Gasteiger partial charge in [0.1, 0.15) is 0 Å². The molecule has 1 saturated carbocycles. The maximum Gasteiger partial charge on any atom is 0.416 e. The summed E-state index contributed by atoms with van der Waals surface area (Å²) in [6, 6.07) is 5.20. The maximum absolute atomic E-state index is 12.4. The predicted octanol–water partition coefficient (Wildman–Crippen LogP) is 3.72. The fourth-order valence-corrected chi connectivity index (χ4v) is 2.04. The number of halogens is 3. The Hall–Kier alpha value is -1.03. The third-order valence-corrected chi connectivity index (χ3v) is 3.32. The molecular formula is C13H15F3O. The van der Waals surface area contributed by atoms with Crippen LogP contribution in [-0.4, -0.2) is 10.7 Å². The normalized spacial score (nSPS) is 20.1. The first-order valence-electron chi connectivity index (χ1n) is 5.70. The number of hydrogen-bond donors (Lipinski definition) is 1. The van der Waals surface area contributed by atoms with Gasteiger partial charge < -0.3 is 5.11 Å². The van der Waals surface area contributed by atoms with Crippen molar-refractivity contribution in [1.82, 2.24) is 0 Å². The van der Waals surface area contributed by atoms with Crippen LogP contribution in [0.5, 0.6) is 0 Å². The quantitative estimate of drug-likeness (QED) is 0.859. The van der Waals surface area contributed by atoms with E-state index >= 15 is 0 Å². The summed E-state index contributed by atoms with van der Waals surface area (Å²) < 4.78 is 37.1. The molecule has 2 rings (SSSR count). The Morgan fingerprint density at radius 2 is 1.76 bits per heavy atom. The second-order valence-corrected chi connectivity index (χ2v) is 4.95. The highest BCUT2D eigenvalue weighted by molar-refractivity contribution is 5.27. The lowest BCUT2D eigenvalue weighted by molar-refractivity contribution is -0.137. The molecule has 0 spiro atoms. The zero-order chi connectivity index (χ0) is 12.7. The first-order chi connectivity index (χ1) is 7.80. The zero-order valence-corrected chi connectivity index (χ0v) is 9.59. The minimum Gasteiger partial charge on any atom is -0.390 e. The van der Waals surface area contributed by atoms with E-state index in [1.165, 1.54) is 12.1 Å². The van der Waals surface area contributed by atoms with E-state index in [2.05, 4.69) is 0 Å². The van der Waals surface area contributed by atoms with Gasteiger partial charge in [-0.15, -0.1) is 0 Å². The summed E-state index contributed by atoms with van der Waals surface area (Å²) in [5, 5.41) is 9.76. The van der Waals surface area contributed by atoms with Gasteiger partial charge in [0.2, 0.25) is 0 Å². The van der Waals surface area contributed by atoms with E-state index in [1.807, 2.05) is 6.92 Å². The lowest BCUT2D eigenvalue weighted by Gasteiger charge is -2.16. The molecule has 1 nitrogen and oxygen atoms in total. The lowest BCUT2D eigenvalue weighted by atomic mass is 9.93. The highest BCUT2D eigenvalue weighted by atomic mass is 19.4. The first kappa shape index (κ1) is 12.4. The minimum atomic E-state index is -4.28. The molecule has 1 unspecified atom stereocenters. The third-order valence-electron chi connectivity index (χ3n) is 3.32. The Balaban J connectivity index is 2.07. The largest absolute Gasteiger partial charge is 0.416 e. The molecule has 1 aliphatic rings. The molecule has 0 aromatic heterocycles. The summed E-state index contributed by atoms with van der Waals surface area (Å²) in [6.07, 6.45) is -2.05. The van der Waals surface area contributed by atoms with Gasteiger partial charge in [0.25, 0.3) is 0 Å². The molecule has 0 heterocycles. The smallest absolute Gasteiger partial charge is 0.390 e. The van der Waals surface area contributed by atoms with Crippen LogP contribution in [0.4, 0.5) is 13.2 Å². The molecule has 1 fully saturated rings. The van der Waals surface area contributed by atoms with Crippen LogP contribution in [0.15, 0.2) is 24.3 Å². The van der Waals surface area contributed by atoms with E-state index < -0.39 is 17.3 Å². The number of alkyl halides is 3. The molecule has 1 aromatic carbocycles.